The highest BCUT2D eigenvalue weighted by molar-refractivity contribution is 5.79. The summed E-state index contributed by atoms with van der Waals surface area (Å²) in [5.74, 6) is 1.33. The fourth-order valence-corrected chi connectivity index (χ4v) is 7.48. The van der Waals surface area contributed by atoms with Crippen LogP contribution in [0.3, 0.4) is 0 Å². The van der Waals surface area contributed by atoms with Gasteiger partial charge in [0.1, 0.15) is 18.4 Å². The predicted molar refractivity (Wildman–Crippen MR) is 140 cm³/mol. The van der Waals surface area contributed by atoms with Crippen LogP contribution in [0.2, 0.25) is 0 Å². The number of carbonyl (C=O) groups is 2. The van der Waals surface area contributed by atoms with Crippen molar-refractivity contribution < 1.29 is 33.5 Å². The Kier molecular flexibility index (Phi) is 8.54. The highest BCUT2D eigenvalue weighted by Gasteiger charge is 2.58. The topological polar surface area (TPSA) is 153 Å². The second-order valence-corrected chi connectivity index (χ2v) is 11.6. The number of ether oxygens (including phenoxy) is 4. The van der Waals surface area contributed by atoms with E-state index in [4.69, 9.17) is 18.9 Å². The number of nitriles is 1. The average molecular weight is 557 g/mol. The molecule has 1 heterocycles. The van der Waals surface area contributed by atoms with Crippen LogP contribution in [0.5, 0.6) is 5.75 Å². The quantitative estimate of drug-likeness (QED) is 0.133. The monoisotopic (exact) mass is 556 g/mol. The average Bonchev–Trinajstić information content (AvgIpc) is 3.40. The third-order valence-corrected chi connectivity index (χ3v) is 8.68. The lowest BCUT2D eigenvalue weighted by Gasteiger charge is -2.62. The van der Waals surface area contributed by atoms with E-state index in [1.807, 2.05) is 0 Å². The molecule has 5 fully saturated rings. The molecule has 12 heteroatoms. The highest BCUT2D eigenvalue weighted by Crippen LogP contribution is 2.58. The maximum atomic E-state index is 12.9. The number of nitrogens with one attached hydrogen (secondary N) is 1. The van der Waals surface area contributed by atoms with Gasteiger partial charge in [0.2, 0.25) is 5.91 Å². The molecule has 4 bridgehead atoms. The van der Waals surface area contributed by atoms with E-state index in [2.05, 4.69) is 11.4 Å². The molecule has 5 aliphatic rings. The predicted octanol–water partition coefficient (Wildman–Crippen LogP) is 3.34. The Morgan fingerprint density at radius 3 is 2.52 bits per heavy atom. The molecule has 1 aliphatic heterocycles. The molecule has 1 saturated heterocycles. The number of carbonyl (C=O) groups excluding carboxylic acids is 2. The lowest BCUT2D eigenvalue weighted by atomic mass is 9.51. The van der Waals surface area contributed by atoms with Gasteiger partial charge in [-0.05, 0) is 75.3 Å². The summed E-state index contributed by atoms with van der Waals surface area (Å²) < 4.78 is 22.0. The number of amides is 1. The molecule has 0 radical (unpaired) electrons. The van der Waals surface area contributed by atoms with E-state index < -0.39 is 11.1 Å². The third-order valence-electron chi connectivity index (χ3n) is 8.68. The number of rotatable bonds is 12. The summed E-state index contributed by atoms with van der Waals surface area (Å²) in [6, 6.07) is 7.09. The molecule has 0 aromatic heterocycles. The van der Waals surface area contributed by atoms with Crippen molar-refractivity contribution in [3.63, 3.8) is 0 Å². The lowest BCUT2D eigenvalue weighted by molar-refractivity contribution is -0.384. The second kappa shape index (κ2) is 12.1. The molecule has 1 aromatic carbocycles. The summed E-state index contributed by atoms with van der Waals surface area (Å²) in [4.78, 5) is 36.5. The molecular weight excluding hydrogens is 520 g/mol. The van der Waals surface area contributed by atoms with Gasteiger partial charge in [0.15, 0.2) is 0 Å². The van der Waals surface area contributed by atoms with Gasteiger partial charge in [0, 0.05) is 24.2 Å². The van der Waals surface area contributed by atoms with Gasteiger partial charge >= 0.3 is 6.16 Å². The number of nitrogens with zero attached hydrogens (tertiary/aromatic N) is 3. The minimum absolute atomic E-state index is 0.00580. The SMILES string of the molecule is N#C[C@@H]1CCCN1C(=O)CNC12CC3CC(C1)CC(OCCOCCOC(=O)Oc1ccc([N+](=O)[O-])cc1)(C3)C2. The maximum absolute atomic E-state index is 12.9. The van der Waals surface area contributed by atoms with Crippen LogP contribution >= 0.6 is 0 Å². The van der Waals surface area contributed by atoms with Crippen molar-refractivity contribution in [1.29, 1.82) is 5.26 Å². The molecule has 3 atom stereocenters. The molecule has 0 spiro atoms. The maximum Gasteiger partial charge on any atom is 0.513 e. The zero-order chi connectivity index (χ0) is 28.2. The Bertz CT molecular complexity index is 1120. The Morgan fingerprint density at radius 2 is 1.82 bits per heavy atom. The van der Waals surface area contributed by atoms with Gasteiger partial charge in [-0.1, -0.05) is 0 Å². The zero-order valence-electron chi connectivity index (χ0n) is 22.5. The van der Waals surface area contributed by atoms with Crippen LogP contribution in [0.25, 0.3) is 0 Å². The summed E-state index contributed by atoms with van der Waals surface area (Å²) in [5, 5.41) is 23.6. The van der Waals surface area contributed by atoms with Crippen molar-refractivity contribution in [3.05, 3.63) is 34.4 Å². The Morgan fingerprint density at radius 1 is 1.10 bits per heavy atom. The van der Waals surface area contributed by atoms with Gasteiger partial charge in [-0.15, -0.1) is 0 Å². The first kappa shape index (κ1) is 28.3. The normalized spacial score (nSPS) is 30.2. The summed E-state index contributed by atoms with van der Waals surface area (Å²) in [6.45, 7) is 1.91. The van der Waals surface area contributed by atoms with Gasteiger partial charge in [-0.25, -0.2) is 4.79 Å². The van der Waals surface area contributed by atoms with Gasteiger partial charge in [-0.3, -0.25) is 14.9 Å². The molecule has 4 saturated carbocycles. The molecule has 4 aliphatic carbocycles. The van der Waals surface area contributed by atoms with Crippen LogP contribution in [-0.2, 0) is 19.0 Å². The molecule has 1 N–H and O–H groups in total. The van der Waals surface area contributed by atoms with Crippen molar-refractivity contribution >= 4 is 17.7 Å². The van der Waals surface area contributed by atoms with Crippen LogP contribution in [0.15, 0.2) is 24.3 Å². The van der Waals surface area contributed by atoms with Crippen molar-refractivity contribution in [3.8, 4) is 11.8 Å². The molecule has 12 nitrogen and oxygen atoms in total. The standard InChI is InChI=1S/C28H36N4O8/c29-17-23-2-1-7-31(23)25(33)18-30-27-13-20-12-21(14-27)16-28(15-20,19-27)39-11-9-37-8-10-38-26(34)40-24-5-3-22(4-6-24)32(35)36/h3-6,20-21,23,30H,1-2,7-16,18-19H2/t20?,21?,23-,27?,28?/m0/s1. The number of likely N-dealkylation sites (tertiary alicyclic amines) is 1. The van der Waals surface area contributed by atoms with Crippen LogP contribution in [0.1, 0.15) is 51.4 Å². The summed E-state index contributed by atoms with van der Waals surface area (Å²) in [6.07, 6.45) is 7.01. The molecule has 6 rings (SSSR count). The minimum Gasteiger partial charge on any atom is -0.432 e. The van der Waals surface area contributed by atoms with E-state index in [0.717, 1.165) is 44.9 Å². The van der Waals surface area contributed by atoms with Crippen LogP contribution in [-0.4, -0.2) is 78.6 Å². The molecule has 40 heavy (non-hydrogen) atoms. The second-order valence-electron chi connectivity index (χ2n) is 11.6. The number of nitro groups is 1. The van der Waals surface area contributed by atoms with Crippen LogP contribution in [0.4, 0.5) is 10.5 Å². The van der Waals surface area contributed by atoms with Gasteiger partial charge in [0.05, 0.1) is 43.0 Å². The molecule has 1 aromatic rings. The van der Waals surface area contributed by atoms with Crippen molar-refractivity contribution in [1.82, 2.24) is 10.2 Å². The Balaban J connectivity index is 1.01. The number of hydrogen-bond acceptors (Lipinski definition) is 10. The molecule has 1 amide bonds. The fraction of sp³-hybridized carbons (Fsp3) is 0.679. The lowest BCUT2D eigenvalue weighted by Crippen LogP contribution is -2.66. The smallest absolute Gasteiger partial charge is 0.432 e. The van der Waals surface area contributed by atoms with Crippen LogP contribution in [0, 0.1) is 33.3 Å². The highest BCUT2D eigenvalue weighted by atomic mass is 16.7. The summed E-state index contributed by atoms with van der Waals surface area (Å²) in [5.41, 5.74) is -0.406. The first-order valence-corrected chi connectivity index (χ1v) is 14.0. The Hall–Kier alpha value is -3.27. The minimum atomic E-state index is -0.911. The van der Waals surface area contributed by atoms with E-state index in [9.17, 15) is 25.0 Å². The van der Waals surface area contributed by atoms with Gasteiger partial charge < -0.3 is 29.2 Å². The van der Waals surface area contributed by atoms with Crippen molar-refractivity contribution in [2.45, 2.75) is 68.5 Å². The zero-order valence-corrected chi connectivity index (χ0v) is 22.5. The number of hydrogen-bond donors (Lipinski definition) is 1. The first-order chi connectivity index (χ1) is 19.3. The summed E-state index contributed by atoms with van der Waals surface area (Å²) >= 11 is 0. The Labute approximate surface area is 233 Å². The van der Waals surface area contributed by atoms with E-state index >= 15 is 0 Å². The largest absolute Gasteiger partial charge is 0.513 e. The molecule has 2 unspecified atom stereocenters. The van der Waals surface area contributed by atoms with E-state index in [1.54, 1.807) is 4.90 Å². The van der Waals surface area contributed by atoms with E-state index in [-0.39, 0.29) is 54.3 Å². The van der Waals surface area contributed by atoms with Crippen molar-refractivity contribution in [2.75, 3.05) is 39.5 Å². The van der Waals surface area contributed by atoms with E-state index in [0.29, 0.717) is 31.6 Å². The van der Waals surface area contributed by atoms with Crippen molar-refractivity contribution in [2.24, 2.45) is 11.8 Å². The van der Waals surface area contributed by atoms with E-state index in [1.165, 1.54) is 30.7 Å². The number of nitro benzene ring substituents is 1. The number of non-ortho nitro benzene ring substituents is 1. The van der Waals surface area contributed by atoms with Gasteiger partial charge in [-0.2, -0.15) is 5.26 Å². The third kappa shape index (κ3) is 6.54. The molecular formula is C28H36N4O8. The molecule has 216 valence electrons. The van der Waals surface area contributed by atoms with Gasteiger partial charge in [0.25, 0.3) is 5.69 Å². The first-order valence-electron chi connectivity index (χ1n) is 14.0. The fourth-order valence-electron chi connectivity index (χ4n) is 7.48. The summed E-state index contributed by atoms with van der Waals surface area (Å²) in [7, 11) is 0. The number of benzene rings is 1. The van der Waals surface area contributed by atoms with Crippen LogP contribution < -0.4 is 10.1 Å².